The van der Waals surface area contributed by atoms with Crippen LogP contribution in [0.25, 0.3) is 6.08 Å². The van der Waals surface area contributed by atoms with E-state index in [1.807, 2.05) is 17.5 Å². The number of hydrogen-bond acceptors (Lipinski definition) is 5. The van der Waals surface area contributed by atoms with Crippen molar-refractivity contribution in [1.29, 1.82) is 0 Å². The number of carbonyl (C=O) groups is 2. The summed E-state index contributed by atoms with van der Waals surface area (Å²) in [6, 6.07) is 3.80. The van der Waals surface area contributed by atoms with Crippen molar-refractivity contribution in [3.8, 4) is 0 Å². The molecule has 1 aromatic heterocycles. The Labute approximate surface area is 117 Å². The molecule has 0 atom stereocenters. The van der Waals surface area contributed by atoms with Gasteiger partial charge in [0.15, 0.2) is 5.41 Å². The molecule has 0 amide bonds. The summed E-state index contributed by atoms with van der Waals surface area (Å²) in [4.78, 5) is 24.9. The summed E-state index contributed by atoms with van der Waals surface area (Å²) in [6.07, 6.45) is 3.27. The fourth-order valence-electron chi connectivity index (χ4n) is 1.42. The van der Waals surface area contributed by atoms with Crippen LogP contribution in [-0.2, 0) is 19.1 Å². The Bertz CT molecular complexity index is 430. The predicted octanol–water partition coefficient (Wildman–Crippen LogP) is 2.89. The molecule has 19 heavy (non-hydrogen) atoms. The molecule has 0 unspecified atom stereocenters. The standard InChI is InChI=1S/C14H18O4S/c1-4-17-12(15)14(3,13(16)18-5-2)9-8-11-7-6-10-19-11/h6-10H,4-5H2,1-3H3/b9-8+. The first-order chi connectivity index (χ1) is 9.04. The molecule has 1 rings (SSSR count). The van der Waals surface area contributed by atoms with Crippen LogP contribution in [0.2, 0.25) is 0 Å². The third-order valence-corrected chi connectivity index (χ3v) is 3.36. The lowest BCUT2D eigenvalue weighted by atomic mass is 9.90. The molecule has 0 aromatic carbocycles. The molecule has 104 valence electrons. The summed E-state index contributed by atoms with van der Waals surface area (Å²) in [6.45, 7) is 5.35. The number of thiophene rings is 1. The van der Waals surface area contributed by atoms with E-state index in [2.05, 4.69) is 0 Å². The van der Waals surface area contributed by atoms with Crippen LogP contribution in [0, 0.1) is 5.41 Å². The van der Waals surface area contributed by atoms with E-state index in [0.717, 1.165) is 4.88 Å². The van der Waals surface area contributed by atoms with Gasteiger partial charge in [0.1, 0.15) is 0 Å². The molecule has 0 aliphatic rings. The van der Waals surface area contributed by atoms with Crippen LogP contribution in [0.5, 0.6) is 0 Å². The molecule has 0 aliphatic carbocycles. The Morgan fingerprint density at radius 2 is 1.84 bits per heavy atom. The smallest absolute Gasteiger partial charge is 0.327 e. The molecule has 1 heterocycles. The first-order valence-corrected chi connectivity index (χ1v) is 6.99. The zero-order chi connectivity index (χ0) is 14.3. The van der Waals surface area contributed by atoms with Gasteiger partial charge in [-0.25, -0.2) is 0 Å². The lowest BCUT2D eigenvalue weighted by Gasteiger charge is -2.21. The number of esters is 2. The summed E-state index contributed by atoms with van der Waals surface area (Å²) in [5.41, 5.74) is -1.41. The second-order valence-electron chi connectivity index (χ2n) is 3.99. The minimum Gasteiger partial charge on any atom is -0.465 e. The van der Waals surface area contributed by atoms with E-state index in [4.69, 9.17) is 9.47 Å². The number of carbonyl (C=O) groups excluding carboxylic acids is 2. The average Bonchev–Trinajstić information content (AvgIpc) is 2.89. The summed E-state index contributed by atoms with van der Waals surface area (Å²) < 4.78 is 9.91. The number of rotatable bonds is 6. The van der Waals surface area contributed by atoms with E-state index in [1.165, 1.54) is 24.3 Å². The van der Waals surface area contributed by atoms with Gasteiger partial charge >= 0.3 is 11.9 Å². The lowest BCUT2D eigenvalue weighted by Crippen LogP contribution is -2.37. The molecule has 0 fully saturated rings. The van der Waals surface area contributed by atoms with Crippen LogP contribution in [0.15, 0.2) is 23.6 Å². The van der Waals surface area contributed by atoms with Crippen molar-refractivity contribution < 1.29 is 19.1 Å². The molecule has 0 bridgehead atoms. The second-order valence-corrected chi connectivity index (χ2v) is 4.97. The molecular weight excluding hydrogens is 264 g/mol. The highest BCUT2D eigenvalue weighted by molar-refractivity contribution is 7.10. The van der Waals surface area contributed by atoms with Gasteiger partial charge in [-0.2, -0.15) is 0 Å². The minimum absolute atomic E-state index is 0.223. The van der Waals surface area contributed by atoms with Crippen LogP contribution in [0.3, 0.4) is 0 Å². The average molecular weight is 282 g/mol. The molecule has 0 saturated carbocycles. The quantitative estimate of drug-likeness (QED) is 0.594. The fraction of sp³-hybridized carbons (Fsp3) is 0.429. The molecule has 1 aromatic rings. The summed E-state index contributed by atoms with van der Waals surface area (Å²) >= 11 is 1.52. The van der Waals surface area contributed by atoms with Crippen molar-refractivity contribution >= 4 is 29.4 Å². The van der Waals surface area contributed by atoms with E-state index >= 15 is 0 Å². The molecular formula is C14H18O4S. The molecule has 0 spiro atoms. The Morgan fingerprint density at radius 3 is 2.26 bits per heavy atom. The molecule has 0 N–H and O–H groups in total. The van der Waals surface area contributed by atoms with Crippen molar-refractivity contribution in [3.05, 3.63) is 28.5 Å². The topological polar surface area (TPSA) is 52.6 Å². The zero-order valence-electron chi connectivity index (χ0n) is 11.3. The summed E-state index contributed by atoms with van der Waals surface area (Å²) in [7, 11) is 0. The Hall–Kier alpha value is -1.62. The maximum atomic E-state index is 12.0. The van der Waals surface area contributed by atoms with Gasteiger partial charge < -0.3 is 9.47 Å². The van der Waals surface area contributed by atoms with E-state index in [1.54, 1.807) is 19.9 Å². The minimum atomic E-state index is -1.41. The van der Waals surface area contributed by atoms with Gasteiger partial charge in [0, 0.05) is 4.88 Å². The molecule has 0 aliphatic heterocycles. The molecule has 5 heteroatoms. The second kappa shape index (κ2) is 7.09. The highest BCUT2D eigenvalue weighted by atomic mass is 32.1. The first kappa shape index (κ1) is 15.4. The maximum Gasteiger partial charge on any atom is 0.327 e. The van der Waals surface area contributed by atoms with Gasteiger partial charge in [-0.1, -0.05) is 12.1 Å². The zero-order valence-corrected chi connectivity index (χ0v) is 12.2. The summed E-state index contributed by atoms with van der Waals surface area (Å²) in [5.74, 6) is -1.19. The largest absolute Gasteiger partial charge is 0.465 e. The highest BCUT2D eigenvalue weighted by Crippen LogP contribution is 2.25. The van der Waals surface area contributed by atoms with E-state index < -0.39 is 17.4 Å². The van der Waals surface area contributed by atoms with Gasteiger partial charge in [-0.05, 0) is 38.3 Å². The van der Waals surface area contributed by atoms with E-state index in [9.17, 15) is 9.59 Å². The van der Waals surface area contributed by atoms with Crippen molar-refractivity contribution in [1.82, 2.24) is 0 Å². The maximum absolute atomic E-state index is 12.0. The highest BCUT2D eigenvalue weighted by Gasteiger charge is 2.41. The molecule has 0 saturated heterocycles. The van der Waals surface area contributed by atoms with Crippen LogP contribution in [0.4, 0.5) is 0 Å². The van der Waals surface area contributed by atoms with Gasteiger partial charge in [0.25, 0.3) is 0 Å². The normalized spacial score (nSPS) is 11.5. The monoisotopic (exact) mass is 282 g/mol. The van der Waals surface area contributed by atoms with Crippen molar-refractivity contribution in [3.63, 3.8) is 0 Å². The number of ether oxygens (including phenoxy) is 2. The number of hydrogen-bond donors (Lipinski definition) is 0. The van der Waals surface area contributed by atoms with Gasteiger partial charge in [-0.15, -0.1) is 11.3 Å². The van der Waals surface area contributed by atoms with Crippen LogP contribution < -0.4 is 0 Å². The Balaban J connectivity index is 2.97. The molecule has 4 nitrogen and oxygen atoms in total. The van der Waals surface area contributed by atoms with Gasteiger partial charge in [0.2, 0.25) is 0 Å². The van der Waals surface area contributed by atoms with Crippen molar-refractivity contribution in [2.24, 2.45) is 5.41 Å². The van der Waals surface area contributed by atoms with Crippen LogP contribution in [0.1, 0.15) is 25.6 Å². The third-order valence-electron chi connectivity index (χ3n) is 2.52. The van der Waals surface area contributed by atoms with Gasteiger partial charge in [-0.3, -0.25) is 9.59 Å². The SMILES string of the molecule is CCOC(=O)C(C)(/C=C/c1cccs1)C(=O)OCC. The van der Waals surface area contributed by atoms with Crippen LogP contribution >= 0.6 is 11.3 Å². The fourth-order valence-corrected chi connectivity index (χ4v) is 2.03. The van der Waals surface area contributed by atoms with E-state index in [-0.39, 0.29) is 13.2 Å². The van der Waals surface area contributed by atoms with Crippen LogP contribution in [-0.4, -0.2) is 25.2 Å². The predicted molar refractivity (Wildman–Crippen MR) is 74.7 cm³/mol. The van der Waals surface area contributed by atoms with Crippen molar-refractivity contribution in [2.75, 3.05) is 13.2 Å². The summed E-state index contributed by atoms with van der Waals surface area (Å²) in [5, 5.41) is 1.92. The lowest BCUT2D eigenvalue weighted by molar-refractivity contribution is -0.166. The third kappa shape index (κ3) is 3.92. The molecule has 0 radical (unpaired) electrons. The first-order valence-electron chi connectivity index (χ1n) is 6.11. The van der Waals surface area contributed by atoms with E-state index in [0.29, 0.717) is 0 Å². The Morgan fingerprint density at radius 1 is 1.26 bits per heavy atom. The van der Waals surface area contributed by atoms with Gasteiger partial charge in [0.05, 0.1) is 13.2 Å². The van der Waals surface area contributed by atoms with Crippen molar-refractivity contribution in [2.45, 2.75) is 20.8 Å². The Kier molecular flexibility index (Phi) is 5.76.